The molecule has 0 radical (unpaired) electrons. The van der Waals surface area contributed by atoms with Gasteiger partial charge in [0.15, 0.2) is 0 Å². The summed E-state index contributed by atoms with van der Waals surface area (Å²) in [6, 6.07) is -0.737. The molecule has 0 bridgehead atoms. The average molecular weight is 189 g/mol. The molecule has 1 amide bonds. The van der Waals surface area contributed by atoms with E-state index in [4.69, 9.17) is 5.11 Å². The predicted octanol–water partition coefficient (Wildman–Crippen LogP) is 0.422. The molecule has 0 aromatic carbocycles. The monoisotopic (exact) mass is 189 g/mol. The summed E-state index contributed by atoms with van der Waals surface area (Å²) in [5, 5.41) is 8.71. The van der Waals surface area contributed by atoms with E-state index in [-0.39, 0.29) is 25.3 Å². The summed E-state index contributed by atoms with van der Waals surface area (Å²) in [6.07, 6.45) is 0.833. The van der Waals surface area contributed by atoms with E-state index in [1.807, 2.05) is 0 Å². The molecule has 0 aliphatic carbocycles. The minimum Gasteiger partial charge on any atom is -0.480 e. The maximum absolute atomic E-state index is 11.8. The third-order valence-corrected chi connectivity index (χ3v) is 2.15. The van der Waals surface area contributed by atoms with Crippen LogP contribution in [-0.4, -0.2) is 41.1 Å². The molecule has 1 aliphatic rings. The second kappa shape index (κ2) is 4.20. The fraction of sp³-hybridized carbons (Fsp3) is 0.750. The molecule has 13 heavy (non-hydrogen) atoms. The fourth-order valence-electron chi connectivity index (χ4n) is 1.50. The Labute approximate surface area is 75.3 Å². The number of halogens is 1. The van der Waals surface area contributed by atoms with E-state index in [1.54, 1.807) is 0 Å². The number of amides is 1. The zero-order valence-electron chi connectivity index (χ0n) is 7.20. The van der Waals surface area contributed by atoms with Gasteiger partial charge in [-0.2, -0.15) is 0 Å². The van der Waals surface area contributed by atoms with Gasteiger partial charge in [-0.05, 0) is 12.8 Å². The number of likely N-dealkylation sites (tertiary alicyclic amines) is 1. The molecule has 0 aromatic rings. The van der Waals surface area contributed by atoms with Crippen LogP contribution in [0.3, 0.4) is 0 Å². The van der Waals surface area contributed by atoms with Crippen LogP contribution in [0.5, 0.6) is 0 Å². The van der Waals surface area contributed by atoms with Crippen LogP contribution in [0.25, 0.3) is 0 Å². The van der Waals surface area contributed by atoms with Crippen LogP contribution in [0.4, 0.5) is 4.39 Å². The molecule has 5 heteroatoms. The van der Waals surface area contributed by atoms with Gasteiger partial charge < -0.3 is 10.0 Å². The van der Waals surface area contributed by atoms with Crippen LogP contribution in [0.1, 0.15) is 19.3 Å². The lowest BCUT2D eigenvalue weighted by Crippen LogP contribution is -2.39. The Morgan fingerprint density at radius 1 is 1.69 bits per heavy atom. The molecule has 1 fully saturated rings. The first-order valence-corrected chi connectivity index (χ1v) is 4.25. The van der Waals surface area contributed by atoms with Crippen molar-refractivity contribution in [3.05, 3.63) is 0 Å². The lowest BCUT2D eigenvalue weighted by molar-refractivity contribution is -0.146. The van der Waals surface area contributed by atoms with Crippen molar-refractivity contribution in [3.8, 4) is 0 Å². The van der Waals surface area contributed by atoms with E-state index in [0.29, 0.717) is 6.42 Å². The van der Waals surface area contributed by atoms with E-state index in [1.165, 1.54) is 4.90 Å². The number of alkyl halides is 1. The van der Waals surface area contributed by atoms with Gasteiger partial charge >= 0.3 is 5.97 Å². The first-order valence-electron chi connectivity index (χ1n) is 4.25. The Kier molecular flexibility index (Phi) is 3.22. The lowest BCUT2D eigenvalue weighted by Gasteiger charge is -2.20. The zero-order chi connectivity index (χ0) is 9.84. The van der Waals surface area contributed by atoms with Crippen LogP contribution in [0.15, 0.2) is 0 Å². The standard InChI is InChI=1S/C8H12FNO3/c9-4-1-5-10-6(8(12)13)2-3-7(10)11/h6H,1-5H2,(H,12,13). The van der Waals surface area contributed by atoms with Crippen LogP contribution >= 0.6 is 0 Å². The Morgan fingerprint density at radius 3 is 2.92 bits per heavy atom. The van der Waals surface area contributed by atoms with E-state index < -0.39 is 18.7 Å². The first-order chi connectivity index (χ1) is 6.16. The van der Waals surface area contributed by atoms with Crippen molar-refractivity contribution in [2.24, 2.45) is 0 Å². The molecule has 4 nitrogen and oxygen atoms in total. The smallest absolute Gasteiger partial charge is 0.326 e. The van der Waals surface area contributed by atoms with Gasteiger partial charge in [0.05, 0.1) is 6.67 Å². The number of nitrogens with zero attached hydrogens (tertiary/aromatic N) is 1. The summed E-state index contributed by atoms with van der Waals surface area (Å²) in [7, 11) is 0. The second-order valence-corrected chi connectivity index (χ2v) is 3.02. The molecule has 1 heterocycles. The number of carboxylic acids is 1. The summed E-state index contributed by atoms with van der Waals surface area (Å²) in [5.74, 6) is -1.18. The number of hydrogen-bond acceptors (Lipinski definition) is 2. The molecular formula is C8H12FNO3. The van der Waals surface area contributed by atoms with Crippen LogP contribution in [0, 0.1) is 0 Å². The molecule has 1 unspecified atom stereocenters. The molecule has 1 N–H and O–H groups in total. The summed E-state index contributed by atoms with van der Waals surface area (Å²) < 4.78 is 11.8. The van der Waals surface area contributed by atoms with Crippen molar-refractivity contribution in [2.75, 3.05) is 13.2 Å². The molecule has 74 valence electrons. The fourth-order valence-corrected chi connectivity index (χ4v) is 1.50. The molecular weight excluding hydrogens is 177 g/mol. The SMILES string of the molecule is O=C(O)C1CCC(=O)N1CCCF. The van der Waals surface area contributed by atoms with E-state index in [0.717, 1.165) is 0 Å². The lowest BCUT2D eigenvalue weighted by atomic mass is 10.2. The molecule has 1 rings (SSSR count). The highest BCUT2D eigenvalue weighted by Gasteiger charge is 2.35. The van der Waals surface area contributed by atoms with E-state index in [2.05, 4.69) is 0 Å². The average Bonchev–Trinajstić information content (AvgIpc) is 2.43. The molecule has 1 saturated heterocycles. The molecule has 0 spiro atoms. The summed E-state index contributed by atoms with van der Waals surface area (Å²) in [5.41, 5.74) is 0. The third-order valence-electron chi connectivity index (χ3n) is 2.15. The number of aliphatic carboxylic acids is 1. The first kappa shape index (κ1) is 9.95. The summed E-state index contributed by atoms with van der Waals surface area (Å²) in [4.78, 5) is 23.0. The van der Waals surface area contributed by atoms with Crippen LogP contribution in [-0.2, 0) is 9.59 Å². The van der Waals surface area contributed by atoms with Gasteiger partial charge in [0.2, 0.25) is 5.91 Å². The van der Waals surface area contributed by atoms with Gasteiger partial charge in [0, 0.05) is 13.0 Å². The van der Waals surface area contributed by atoms with Gasteiger partial charge in [0.25, 0.3) is 0 Å². The second-order valence-electron chi connectivity index (χ2n) is 3.02. The number of carbonyl (C=O) groups excluding carboxylic acids is 1. The van der Waals surface area contributed by atoms with Crippen LogP contribution < -0.4 is 0 Å². The Balaban J connectivity index is 2.55. The zero-order valence-corrected chi connectivity index (χ0v) is 7.20. The van der Waals surface area contributed by atoms with Gasteiger partial charge in [-0.1, -0.05) is 0 Å². The number of hydrogen-bond donors (Lipinski definition) is 1. The topological polar surface area (TPSA) is 57.6 Å². The number of rotatable bonds is 4. The quantitative estimate of drug-likeness (QED) is 0.697. The highest BCUT2D eigenvalue weighted by atomic mass is 19.1. The molecule has 0 aromatic heterocycles. The highest BCUT2D eigenvalue weighted by Crippen LogP contribution is 2.18. The third kappa shape index (κ3) is 2.17. The Bertz CT molecular complexity index is 219. The van der Waals surface area contributed by atoms with Crippen molar-refractivity contribution in [1.82, 2.24) is 4.90 Å². The van der Waals surface area contributed by atoms with E-state index in [9.17, 15) is 14.0 Å². The minimum absolute atomic E-state index is 0.180. The molecule has 1 aliphatic heterocycles. The van der Waals surface area contributed by atoms with Crippen LogP contribution in [0.2, 0.25) is 0 Å². The minimum atomic E-state index is -0.996. The predicted molar refractivity (Wildman–Crippen MR) is 43.0 cm³/mol. The molecule has 0 saturated carbocycles. The maximum Gasteiger partial charge on any atom is 0.326 e. The van der Waals surface area contributed by atoms with Crippen molar-refractivity contribution >= 4 is 11.9 Å². The summed E-state index contributed by atoms with van der Waals surface area (Å²) in [6.45, 7) is -0.303. The van der Waals surface area contributed by atoms with Gasteiger partial charge in [-0.3, -0.25) is 9.18 Å². The Hall–Kier alpha value is -1.13. The van der Waals surface area contributed by atoms with Crippen molar-refractivity contribution in [2.45, 2.75) is 25.3 Å². The molecule has 1 atom stereocenters. The maximum atomic E-state index is 11.8. The van der Waals surface area contributed by atoms with Gasteiger partial charge in [0.1, 0.15) is 6.04 Å². The van der Waals surface area contributed by atoms with Gasteiger partial charge in [-0.25, -0.2) is 4.79 Å². The largest absolute Gasteiger partial charge is 0.480 e. The van der Waals surface area contributed by atoms with Crippen molar-refractivity contribution in [1.29, 1.82) is 0 Å². The normalized spacial score (nSPS) is 22.4. The van der Waals surface area contributed by atoms with E-state index >= 15 is 0 Å². The Morgan fingerprint density at radius 2 is 2.38 bits per heavy atom. The number of carbonyl (C=O) groups is 2. The van der Waals surface area contributed by atoms with Crippen molar-refractivity contribution < 1.29 is 19.1 Å². The number of carboxylic acid groups (broad SMARTS) is 1. The highest BCUT2D eigenvalue weighted by molar-refractivity contribution is 5.87. The summed E-state index contributed by atoms with van der Waals surface area (Å²) >= 11 is 0. The van der Waals surface area contributed by atoms with Crippen molar-refractivity contribution in [3.63, 3.8) is 0 Å². The van der Waals surface area contributed by atoms with Gasteiger partial charge in [-0.15, -0.1) is 0 Å².